The summed E-state index contributed by atoms with van der Waals surface area (Å²) in [7, 11) is -2.15. The largest absolute Gasteiger partial charge is 0.496 e. The van der Waals surface area contributed by atoms with Crippen molar-refractivity contribution < 1.29 is 17.9 Å². The molecule has 6 nitrogen and oxygen atoms in total. The van der Waals surface area contributed by atoms with Gasteiger partial charge in [-0.25, -0.2) is 8.42 Å². The van der Waals surface area contributed by atoms with E-state index in [9.17, 15) is 13.2 Å². The molecule has 0 radical (unpaired) electrons. The summed E-state index contributed by atoms with van der Waals surface area (Å²) in [5.41, 5.74) is 1.16. The Hall–Kier alpha value is -2.25. The highest BCUT2D eigenvalue weighted by Crippen LogP contribution is 2.27. The summed E-state index contributed by atoms with van der Waals surface area (Å²) in [5, 5.41) is 3.29. The molecule has 1 N–H and O–H groups in total. The summed E-state index contributed by atoms with van der Waals surface area (Å²) in [6, 6.07) is 12.5. The first-order valence-corrected chi connectivity index (χ1v) is 11.1. The molecule has 0 bridgehead atoms. The molecule has 0 aromatic heterocycles. The number of carbonyl (C=O) groups excluding carboxylic acids is 1. The Labute approximate surface area is 171 Å². The molecule has 0 aliphatic rings. The van der Waals surface area contributed by atoms with Crippen LogP contribution in [0.15, 0.2) is 48.5 Å². The predicted octanol–water partition coefficient (Wildman–Crippen LogP) is 3.77. The van der Waals surface area contributed by atoms with E-state index in [1.54, 1.807) is 32.2 Å². The van der Waals surface area contributed by atoms with E-state index in [2.05, 4.69) is 5.32 Å². The standard InChI is InChI=1S/C20H25ClN2O4S/c1-5-18(23(28(4,25)26)16-10-8-9-15(21)13-16)20(24)22-14(2)17-11-6-7-12-19(17)27-3/h6-14,18H,5H2,1-4H3,(H,22,24)/t14-,18+/m1/s1. The molecule has 0 fully saturated rings. The average molecular weight is 425 g/mol. The van der Waals surface area contributed by atoms with Crippen molar-refractivity contribution in [2.45, 2.75) is 32.4 Å². The van der Waals surface area contributed by atoms with Gasteiger partial charge in [0.1, 0.15) is 11.8 Å². The Bertz CT molecular complexity index is 933. The fourth-order valence-electron chi connectivity index (χ4n) is 3.08. The second-order valence-corrected chi connectivity index (χ2v) is 8.73. The van der Waals surface area contributed by atoms with E-state index in [1.165, 1.54) is 6.07 Å². The van der Waals surface area contributed by atoms with E-state index in [1.807, 2.05) is 31.2 Å². The predicted molar refractivity (Wildman–Crippen MR) is 112 cm³/mol. The number of nitrogens with one attached hydrogen (secondary N) is 1. The number of benzene rings is 2. The maximum atomic E-state index is 13.0. The lowest BCUT2D eigenvalue weighted by atomic mass is 10.1. The summed E-state index contributed by atoms with van der Waals surface area (Å²) in [6.07, 6.45) is 1.37. The first-order valence-electron chi connectivity index (χ1n) is 8.87. The van der Waals surface area contributed by atoms with Crippen LogP contribution >= 0.6 is 11.6 Å². The van der Waals surface area contributed by atoms with E-state index < -0.39 is 22.0 Å². The zero-order chi connectivity index (χ0) is 20.9. The van der Waals surface area contributed by atoms with Gasteiger partial charge in [0.15, 0.2) is 0 Å². The minimum Gasteiger partial charge on any atom is -0.496 e. The molecule has 1 amide bonds. The van der Waals surface area contributed by atoms with Crippen LogP contribution in [0.5, 0.6) is 5.75 Å². The van der Waals surface area contributed by atoms with Crippen molar-refractivity contribution in [1.82, 2.24) is 5.32 Å². The first kappa shape index (κ1) is 22.0. The summed E-state index contributed by atoms with van der Waals surface area (Å²) < 4.78 is 31.4. The summed E-state index contributed by atoms with van der Waals surface area (Å²) in [4.78, 5) is 13.0. The number of nitrogens with zero attached hydrogens (tertiary/aromatic N) is 1. The molecule has 0 heterocycles. The van der Waals surface area contributed by atoms with Gasteiger partial charge in [0.05, 0.1) is 25.1 Å². The van der Waals surface area contributed by atoms with Gasteiger partial charge < -0.3 is 10.1 Å². The molecule has 28 heavy (non-hydrogen) atoms. The van der Waals surface area contributed by atoms with Crippen molar-refractivity contribution in [1.29, 1.82) is 0 Å². The van der Waals surface area contributed by atoms with Gasteiger partial charge in [0.25, 0.3) is 0 Å². The van der Waals surface area contributed by atoms with E-state index in [-0.39, 0.29) is 6.04 Å². The Morgan fingerprint density at radius 2 is 1.89 bits per heavy atom. The fraction of sp³-hybridized carbons (Fsp3) is 0.350. The number of sulfonamides is 1. The van der Waals surface area contributed by atoms with E-state index in [0.29, 0.717) is 22.9 Å². The zero-order valence-corrected chi connectivity index (χ0v) is 17.9. The molecule has 152 valence electrons. The van der Waals surface area contributed by atoms with Crippen molar-refractivity contribution in [2.75, 3.05) is 17.7 Å². The number of carbonyl (C=O) groups is 1. The van der Waals surface area contributed by atoms with Crippen LogP contribution in [-0.4, -0.2) is 33.7 Å². The summed E-state index contributed by atoms with van der Waals surface area (Å²) >= 11 is 6.03. The Balaban J connectivity index is 2.34. The number of halogens is 1. The van der Waals surface area contributed by atoms with Crippen LogP contribution < -0.4 is 14.4 Å². The van der Waals surface area contributed by atoms with Crippen molar-refractivity contribution in [3.8, 4) is 5.75 Å². The number of hydrogen-bond acceptors (Lipinski definition) is 4. The van der Waals surface area contributed by atoms with Crippen LogP contribution in [0.3, 0.4) is 0 Å². The fourth-order valence-corrected chi connectivity index (χ4v) is 4.47. The molecule has 0 saturated heterocycles. The second kappa shape index (κ2) is 9.30. The molecule has 2 aromatic rings. The van der Waals surface area contributed by atoms with Crippen molar-refractivity contribution >= 4 is 33.2 Å². The number of methoxy groups -OCH3 is 1. The first-order chi connectivity index (χ1) is 13.2. The van der Waals surface area contributed by atoms with Crippen molar-refractivity contribution in [2.24, 2.45) is 0 Å². The minimum absolute atomic E-state index is 0.296. The number of rotatable bonds is 8. The average Bonchev–Trinajstić information content (AvgIpc) is 2.64. The van der Waals surface area contributed by atoms with Crippen LogP contribution in [0.1, 0.15) is 31.9 Å². The van der Waals surface area contributed by atoms with E-state index >= 15 is 0 Å². The zero-order valence-electron chi connectivity index (χ0n) is 16.3. The third kappa shape index (κ3) is 5.17. The van der Waals surface area contributed by atoms with Gasteiger partial charge in [0, 0.05) is 10.6 Å². The highest BCUT2D eigenvalue weighted by Gasteiger charge is 2.32. The topological polar surface area (TPSA) is 75.7 Å². The molecule has 0 saturated carbocycles. The van der Waals surface area contributed by atoms with Gasteiger partial charge in [-0.05, 0) is 37.6 Å². The molecule has 0 aliphatic heterocycles. The molecular weight excluding hydrogens is 400 g/mol. The normalized spacial score (nSPS) is 13.5. The van der Waals surface area contributed by atoms with Gasteiger partial charge in [-0.2, -0.15) is 0 Å². The number of anilines is 1. The summed E-state index contributed by atoms with van der Waals surface area (Å²) in [5.74, 6) is 0.254. The smallest absolute Gasteiger partial charge is 0.244 e. The Kier molecular flexibility index (Phi) is 7.32. The highest BCUT2D eigenvalue weighted by atomic mass is 35.5. The highest BCUT2D eigenvalue weighted by molar-refractivity contribution is 7.92. The molecule has 2 aromatic carbocycles. The Morgan fingerprint density at radius 1 is 1.21 bits per heavy atom. The third-order valence-corrected chi connectivity index (χ3v) is 5.77. The van der Waals surface area contributed by atoms with E-state index in [0.717, 1.165) is 16.1 Å². The van der Waals surface area contributed by atoms with E-state index in [4.69, 9.17) is 16.3 Å². The number of amides is 1. The second-order valence-electron chi connectivity index (χ2n) is 6.43. The monoisotopic (exact) mass is 424 g/mol. The third-order valence-electron chi connectivity index (χ3n) is 4.36. The van der Waals surface area contributed by atoms with Crippen molar-refractivity contribution in [3.05, 3.63) is 59.1 Å². The van der Waals surface area contributed by atoms with Crippen LogP contribution in [0.25, 0.3) is 0 Å². The molecule has 0 spiro atoms. The number of ether oxygens (including phenoxy) is 1. The lowest BCUT2D eigenvalue weighted by molar-refractivity contribution is -0.122. The van der Waals surface area contributed by atoms with Gasteiger partial charge in [-0.1, -0.05) is 42.8 Å². The Morgan fingerprint density at radius 3 is 2.46 bits per heavy atom. The van der Waals surface area contributed by atoms with Gasteiger partial charge in [0.2, 0.25) is 15.9 Å². The van der Waals surface area contributed by atoms with Gasteiger partial charge in [-0.3, -0.25) is 9.10 Å². The van der Waals surface area contributed by atoms with Gasteiger partial charge >= 0.3 is 0 Å². The molecule has 0 aliphatic carbocycles. The van der Waals surface area contributed by atoms with Gasteiger partial charge in [-0.15, -0.1) is 0 Å². The molecule has 2 rings (SSSR count). The maximum Gasteiger partial charge on any atom is 0.244 e. The molecular formula is C20H25ClN2O4S. The van der Waals surface area contributed by atoms with Crippen LogP contribution in [0.4, 0.5) is 5.69 Å². The minimum atomic E-state index is -3.72. The maximum absolute atomic E-state index is 13.0. The van der Waals surface area contributed by atoms with Crippen molar-refractivity contribution in [3.63, 3.8) is 0 Å². The number of hydrogen-bond donors (Lipinski definition) is 1. The van der Waals surface area contributed by atoms with Crippen LogP contribution in [0.2, 0.25) is 5.02 Å². The molecule has 2 atom stereocenters. The SMILES string of the molecule is CC[C@@H](C(=O)N[C@H](C)c1ccccc1OC)N(c1cccc(Cl)c1)S(C)(=O)=O. The lowest BCUT2D eigenvalue weighted by Gasteiger charge is -2.31. The lowest BCUT2D eigenvalue weighted by Crippen LogP contribution is -2.49. The molecule has 8 heteroatoms. The van der Waals surface area contributed by atoms with Crippen LogP contribution in [-0.2, 0) is 14.8 Å². The molecule has 0 unspecified atom stereocenters. The summed E-state index contributed by atoms with van der Waals surface area (Å²) in [6.45, 7) is 3.59. The van der Waals surface area contributed by atoms with Crippen LogP contribution in [0, 0.1) is 0 Å². The quantitative estimate of drug-likeness (QED) is 0.699. The number of para-hydroxylation sites is 1.